The molecule has 0 saturated carbocycles. The maximum Gasteiger partial charge on any atom is 0.227 e. The lowest BCUT2D eigenvalue weighted by atomic mass is 10.0. The van der Waals surface area contributed by atoms with Crippen molar-refractivity contribution in [2.75, 3.05) is 0 Å². The average Bonchev–Trinajstić information content (AvgIpc) is 3.93. The molecule has 0 amide bonds. The molecule has 53 heavy (non-hydrogen) atoms. The van der Waals surface area contributed by atoms with E-state index in [1.165, 1.54) is 0 Å². The zero-order chi connectivity index (χ0) is 34.9. The van der Waals surface area contributed by atoms with Crippen molar-refractivity contribution in [2.24, 2.45) is 0 Å². The maximum atomic E-state index is 6.47. The molecule has 0 saturated heterocycles. The number of nitrogens with zero attached hydrogens (tertiary/aromatic N) is 5. The number of aromatic nitrogens is 5. The van der Waals surface area contributed by atoms with E-state index < -0.39 is 0 Å². The first kappa shape index (κ1) is 29.4. The van der Waals surface area contributed by atoms with Gasteiger partial charge in [-0.05, 0) is 72.8 Å². The number of hydrogen-bond acceptors (Lipinski definition) is 6. The zero-order valence-corrected chi connectivity index (χ0v) is 28.1. The van der Waals surface area contributed by atoms with E-state index in [4.69, 9.17) is 28.8 Å². The van der Waals surface area contributed by atoms with Gasteiger partial charge in [-0.15, -0.1) is 0 Å². The van der Waals surface area contributed by atoms with Gasteiger partial charge in [0, 0.05) is 49.5 Å². The number of furan rings is 1. The highest BCUT2D eigenvalue weighted by atomic mass is 16.3. The minimum absolute atomic E-state index is 0.548. The Morgan fingerprint density at radius 2 is 1.09 bits per heavy atom. The number of benzene rings is 7. The molecule has 7 nitrogen and oxygen atoms in total. The van der Waals surface area contributed by atoms with Crippen molar-refractivity contribution in [2.45, 2.75) is 0 Å². The first-order chi connectivity index (χ1) is 26.2. The number of para-hydroxylation sites is 4. The highest BCUT2D eigenvalue weighted by Gasteiger charge is 2.20. The molecule has 0 N–H and O–H groups in total. The van der Waals surface area contributed by atoms with E-state index in [2.05, 4.69) is 83.4 Å². The summed E-state index contributed by atoms with van der Waals surface area (Å²) < 4.78 is 14.8. The lowest BCUT2D eigenvalue weighted by Gasteiger charge is -2.10. The zero-order valence-electron chi connectivity index (χ0n) is 28.1. The predicted molar refractivity (Wildman–Crippen MR) is 211 cm³/mol. The minimum Gasteiger partial charge on any atom is -0.456 e. The molecule has 0 aliphatic heterocycles. The lowest BCUT2D eigenvalue weighted by molar-refractivity contribution is 0.619. The topological polar surface area (TPSA) is 82.8 Å². The summed E-state index contributed by atoms with van der Waals surface area (Å²) in [5, 5.41) is 4.18. The molecule has 4 heterocycles. The molecule has 0 aliphatic rings. The number of hydrogen-bond donors (Lipinski definition) is 0. The molecule has 4 aromatic heterocycles. The van der Waals surface area contributed by atoms with Gasteiger partial charge in [0.1, 0.15) is 16.7 Å². The molecule has 11 aromatic rings. The van der Waals surface area contributed by atoms with Crippen LogP contribution >= 0.6 is 0 Å². The second-order valence-corrected chi connectivity index (χ2v) is 13.1. The average molecular weight is 682 g/mol. The normalized spacial score (nSPS) is 11.8. The fourth-order valence-corrected chi connectivity index (χ4v) is 7.45. The quantitative estimate of drug-likeness (QED) is 0.180. The second-order valence-electron chi connectivity index (χ2n) is 13.1. The molecule has 0 fully saturated rings. The largest absolute Gasteiger partial charge is 0.456 e. The molecule has 0 atom stereocenters. The van der Waals surface area contributed by atoms with Gasteiger partial charge < -0.3 is 13.4 Å². The van der Waals surface area contributed by atoms with Crippen LogP contribution in [-0.4, -0.2) is 24.5 Å². The smallest absolute Gasteiger partial charge is 0.227 e. The summed E-state index contributed by atoms with van der Waals surface area (Å²) >= 11 is 0. The van der Waals surface area contributed by atoms with Crippen molar-refractivity contribution < 1.29 is 8.83 Å². The van der Waals surface area contributed by atoms with E-state index in [0.717, 1.165) is 82.8 Å². The highest BCUT2D eigenvalue weighted by molar-refractivity contribution is 6.13. The Bertz CT molecular complexity index is 3150. The van der Waals surface area contributed by atoms with E-state index >= 15 is 0 Å². The van der Waals surface area contributed by atoms with Crippen LogP contribution in [0.3, 0.4) is 0 Å². The molecular formula is C46H27N5O2. The van der Waals surface area contributed by atoms with E-state index in [1.807, 2.05) is 84.9 Å². The van der Waals surface area contributed by atoms with Gasteiger partial charge in [0.05, 0.1) is 11.0 Å². The van der Waals surface area contributed by atoms with Gasteiger partial charge in [0.25, 0.3) is 0 Å². The summed E-state index contributed by atoms with van der Waals surface area (Å²) in [7, 11) is 0. The fourth-order valence-electron chi connectivity index (χ4n) is 7.45. The van der Waals surface area contributed by atoms with Crippen LogP contribution in [0.15, 0.2) is 173 Å². The van der Waals surface area contributed by atoms with E-state index in [-0.39, 0.29) is 0 Å². The van der Waals surface area contributed by atoms with Crippen molar-refractivity contribution in [3.63, 3.8) is 0 Å². The van der Waals surface area contributed by atoms with Crippen LogP contribution in [0.2, 0.25) is 0 Å². The molecule has 7 aromatic carbocycles. The number of oxazole rings is 1. The molecule has 0 spiro atoms. The van der Waals surface area contributed by atoms with Crippen molar-refractivity contribution in [1.82, 2.24) is 24.5 Å². The third-order valence-corrected chi connectivity index (χ3v) is 9.89. The number of rotatable bonds is 5. The van der Waals surface area contributed by atoms with Crippen LogP contribution in [-0.2, 0) is 0 Å². The predicted octanol–water partition coefficient (Wildman–Crippen LogP) is 11.7. The van der Waals surface area contributed by atoms with Crippen LogP contribution in [0.5, 0.6) is 0 Å². The van der Waals surface area contributed by atoms with Crippen molar-refractivity contribution in [1.29, 1.82) is 0 Å². The summed E-state index contributed by atoms with van der Waals surface area (Å²) in [6, 6.07) is 55.4. The fraction of sp³-hybridized carbons (Fsp3) is 0. The van der Waals surface area contributed by atoms with Crippen molar-refractivity contribution in [3.8, 4) is 51.3 Å². The summed E-state index contributed by atoms with van der Waals surface area (Å²) in [6.45, 7) is 0. The molecule has 11 rings (SSSR count). The van der Waals surface area contributed by atoms with E-state index in [9.17, 15) is 0 Å². The number of fused-ring (bicyclic) bond motifs is 7. The molecule has 0 bridgehead atoms. The Labute approximate surface area is 302 Å². The molecule has 0 radical (unpaired) electrons. The van der Waals surface area contributed by atoms with Crippen LogP contribution in [0.4, 0.5) is 0 Å². The Balaban J connectivity index is 1.10. The third-order valence-electron chi connectivity index (χ3n) is 9.89. The highest BCUT2D eigenvalue weighted by Crippen LogP contribution is 2.39. The summed E-state index contributed by atoms with van der Waals surface area (Å²) in [5.41, 5.74) is 9.91. The Kier molecular flexibility index (Phi) is 6.42. The Morgan fingerprint density at radius 1 is 0.396 bits per heavy atom. The van der Waals surface area contributed by atoms with Gasteiger partial charge in [-0.25, -0.2) is 19.9 Å². The van der Waals surface area contributed by atoms with E-state index in [0.29, 0.717) is 23.4 Å². The van der Waals surface area contributed by atoms with Gasteiger partial charge >= 0.3 is 0 Å². The first-order valence-corrected chi connectivity index (χ1v) is 17.5. The molecular weight excluding hydrogens is 655 g/mol. The Hall–Kier alpha value is -7.38. The van der Waals surface area contributed by atoms with Gasteiger partial charge in [-0.1, -0.05) is 91.0 Å². The second kappa shape index (κ2) is 11.6. The SMILES string of the molecule is c1ccc(-c2nc(-c3ccc4c(c3)c3ccccc3n4-c3ccccc3)nc(-c3cccc4oc5cc(-c6nc7ccccc7o6)ccc5c34)n2)cc1. The van der Waals surface area contributed by atoms with Crippen LogP contribution < -0.4 is 0 Å². The van der Waals surface area contributed by atoms with Crippen LogP contribution in [0.1, 0.15) is 0 Å². The summed E-state index contributed by atoms with van der Waals surface area (Å²) in [5.74, 6) is 2.31. The standard InChI is InChI=1S/C46H27N5O2/c1-3-12-28(13-4-1)43-48-44(29-23-25-38-35(26-29)32-16-7-9-19-37(32)51(38)31-14-5-2-6-15-31)50-45(49-43)34-17-11-21-40-42(34)33-24-22-30(27-41(33)52-40)46-47-36-18-8-10-20-39(36)53-46/h1-27H. The Morgan fingerprint density at radius 3 is 1.96 bits per heavy atom. The van der Waals surface area contributed by atoms with Gasteiger partial charge in [-0.3, -0.25) is 0 Å². The monoisotopic (exact) mass is 681 g/mol. The van der Waals surface area contributed by atoms with Crippen LogP contribution in [0, 0.1) is 0 Å². The van der Waals surface area contributed by atoms with Gasteiger partial charge in [0.2, 0.25) is 5.89 Å². The lowest BCUT2D eigenvalue weighted by Crippen LogP contribution is -2.00. The van der Waals surface area contributed by atoms with E-state index in [1.54, 1.807) is 0 Å². The van der Waals surface area contributed by atoms with Gasteiger partial charge in [-0.2, -0.15) is 0 Å². The first-order valence-electron chi connectivity index (χ1n) is 17.5. The minimum atomic E-state index is 0.548. The summed E-state index contributed by atoms with van der Waals surface area (Å²) in [4.78, 5) is 20.0. The van der Waals surface area contributed by atoms with Crippen molar-refractivity contribution >= 4 is 54.8 Å². The van der Waals surface area contributed by atoms with Crippen LogP contribution in [0.25, 0.3) is 106 Å². The van der Waals surface area contributed by atoms with Gasteiger partial charge in [0.15, 0.2) is 23.1 Å². The molecule has 248 valence electrons. The van der Waals surface area contributed by atoms with Crippen molar-refractivity contribution in [3.05, 3.63) is 164 Å². The maximum absolute atomic E-state index is 6.47. The molecule has 7 heteroatoms. The molecule has 0 unspecified atom stereocenters. The third kappa shape index (κ3) is 4.75. The molecule has 0 aliphatic carbocycles. The summed E-state index contributed by atoms with van der Waals surface area (Å²) in [6.07, 6.45) is 0.